The molecule has 0 bridgehead atoms. The van der Waals surface area contributed by atoms with E-state index in [0.717, 1.165) is 0 Å². The second kappa shape index (κ2) is 42.7. The first-order valence-corrected chi connectivity index (χ1v) is 0.707. The molecule has 0 aliphatic carbocycles. The molecule has 1 nitrogen and oxygen atoms in total. The van der Waals surface area contributed by atoms with Gasteiger partial charge in [-0.2, -0.15) is 0 Å². The first-order chi connectivity index (χ1) is 1.00. The molecule has 0 aromatic heterocycles. The topological polar surface area (TPSA) is 17.1 Å². The average molecular weight is 70.9 g/mol. The predicted molar refractivity (Wildman–Crippen MR) is 10.1 cm³/mol. The van der Waals surface area contributed by atoms with E-state index in [0.29, 0.717) is 0 Å². The van der Waals surface area contributed by atoms with E-state index in [9.17, 15) is 0 Å². The van der Waals surface area contributed by atoms with Crippen molar-refractivity contribution in [2.24, 2.45) is 0 Å². The molecule has 0 unspecified atom stereocenters. The Morgan fingerprint density at radius 2 is 1.50 bits per heavy atom. The second-order valence-electron chi connectivity index (χ2n) is 0. The van der Waals surface area contributed by atoms with Crippen LogP contribution in [0.2, 0.25) is 0 Å². The predicted octanol–water partition coefficient (Wildman–Crippen LogP) is -3.23. The zero-order valence-electron chi connectivity index (χ0n) is 3.39. The Hall–Kier alpha value is 0.860. The van der Waals surface area contributed by atoms with Crippen LogP contribution in [0, 0.1) is 0 Å². The minimum absolute atomic E-state index is 0. The van der Waals surface area contributed by atoms with Crippen LogP contribution in [-0.2, 0) is 3.80 Å². The number of hydrogen-bond acceptors (Lipinski definition) is 1. The molecule has 0 heterocycles. The molecule has 0 aliphatic rings. The Morgan fingerprint density at radius 3 is 1.50 bits per heavy atom. The summed E-state index contributed by atoms with van der Waals surface area (Å²) in [6.07, 6.45) is 0. The summed E-state index contributed by atoms with van der Waals surface area (Å²) in [5.41, 5.74) is 0. The molecule has 19 valence electrons. The van der Waals surface area contributed by atoms with E-state index in [1.165, 1.54) is 16.2 Å². The van der Waals surface area contributed by atoms with Crippen molar-refractivity contribution in [3.63, 3.8) is 0 Å². The first-order valence-electron chi connectivity index (χ1n) is 0.236. The molecule has 0 rings (SSSR count). The standard InChI is InChI=1S/Al.FH.Li.O.H/h;1H;;;/q;;+1;;-1. The van der Waals surface area contributed by atoms with E-state index >= 15 is 0 Å². The summed E-state index contributed by atoms with van der Waals surface area (Å²) in [4.78, 5) is 0. The van der Waals surface area contributed by atoms with Crippen LogP contribution in [0.25, 0.3) is 0 Å². The third-order valence-electron chi connectivity index (χ3n) is 0. The van der Waals surface area contributed by atoms with Gasteiger partial charge in [-0.05, 0) is 0 Å². The Balaban J connectivity index is -0.00000000167. The van der Waals surface area contributed by atoms with Gasteiger partial charge in [0.2, 0.25) is 0 Å². The summed E-state index contributed by atoms with van der Waals surface area (Å²) in [6, 6.07) is 0. The number of hydrogen-bond donors (Lipinski definition) is 0. The van der Waals surface area contributed by atoms with Crippen molar-refractivity contribution < 1.29 is 28.8 Å². The molecular formula is H2AlFLiO. The minimum atomic E-state index is 0. The zero-order chi connectivity index (χ0) is 2.00. The van der Waals surface area contributed by atoms with Crippen molar-refractivity contribution in [3.05, 3.63) is 0 Å². The monoisotopic (exact) mass is 71.0 g/mol. The fraction of sp³-hybridized carbons (Fsp3) is 0. The van der Waals surface area contributed by atoms with Crippen molar-refractivity contribution in [1.29, 1.82) is 0 Å². The Bertz CT molecular complexity index is 11.6. The van der Waals surface area contributed by atoms with Gasteiger partial charge in [-0.1, -0.05) is 0 Å². The molecule has 0 aromatic carbocycles. The number of halogens is 1. The third-order valence-corrected chi connectivity index (χ3v) is 0. The maximum absolute atomic E-state index is 8.17. The van der Waals surface area contributed by atoms with Crippen LogP contribution in [0.1, 0.15) is 1.43 Å². The van der Waals surface area contributed by atoms with Gasteiger partial charge in [-0.25, -0.2) is 0 Å². The molecule has 0 saturated carbocycles. The van der Waals surface area contributed by atoms with E-state index in [-0.39, 0.29) is 25.0 Å². The number of rotatable bonds is 0. The molecule has 0 fully saturated rings. The van der Waals surface area contributed by atoms with Crippen LogP contribution < -0.4 is 18.9 Å². The molecule has 4 heteroatoms. The Kier molecular flexibility index (Phi) is 223. The van der Waals surface area contributed by atoms with Crippen molar-refractivity contribution in [3.8, 4) is 0 Å². The first kappa shape index (κ1) is 20.9. The van der Waals surface area contributed by atoms with Gasteiger partial charge in [0.05, 0.1) is 0 Å². The second-order valence-corrected chi connectivity index (χ2v) is 0. The van der Waals surface area contributed by atoms with Gasteiger partial charge in [0, 0.05) is 0 Å². The van der Waals surface area contributed by atoms with Gasteiger partial charge in [0.1, 0.15) is 0 Å². The fourth-order valence-electron chi connectivity index (χ4n) is 0. The molecule has 4 heavy (non-hydrogen) atoms. The fourth-order valence-corrected chi connectivity index (χ4v) is 0. The van der Waals surface area contributed by atoms with Crippen LogP contribution in [0.3, 0.4) is 0 Å². The van der Waals surface area contributed by atoms with E-state index in [1.807, 2.05) is 0 Å². The van der Waals surface area contributed by atoms with E-state index < -0.39 is 0 Å². The van der Waals surface area contributed by atoms with E-state index in [4.69, 9.17) is 3.80 Å². The van der Waals surface area contributed by atoms with Crippen LogP contribution in [0.4, 0.5) is 4.70 Å². The van der Waals surface area contributed by atoms with Gasteiger partial charge in [-0.15, -0.1) is 0 Å². The molecule has 0 N–H and O–H groups in total. The molecule has 1 radical (unpaired) electrons. The van der Waals surface area contributed by atoms with Crippen LogP contribution >= 0.6 is 0 Å². The van der Waals surface area contributed by atoms with Crippen LogP contribution in [-0.4, -0.2) is 16.2 Å². The van der Waals surface area contributed by atoms with Gasteiger partial charge in [0.25, 0.3) is 0 Å². The molecule has 0 aliphatic heterocycles. The van der Waals surface area contributed by atoms with Gasteiger partial charge in [-0.3, -0.25) is 4.70 Å². The molecule has 0 aromatic rings. The molecule has 0 spiro atoms. The van der Waals surface area contributed by atoms with Crippen LogP contribution in [0.15, 0.2) is 0 Å². The van der Waals surface area contributed by atoms with Gasteiger partial charge >= 0.3 is 38.9 Å². The van der Waals surface area contributed by atoms with Crippen LogP contribution in [0.5, 0.6) is 0 Å². The SMILES string of the molecule is F.[H-].[Li+].[O]=[Al]. The summed E-state index contributed by atoms with van der Waals surface area (Å²) in [7, 11) is 0. The molecular weight excluding hydrogens is 68.9 g/mol. The Labute approximate surface area is 45.4 Å². The van der Waals surface area contributed by atoms with Crippen molar-refractivity contribution in [2.45, 2.75) is 0 Å². The Morgan fingerprint density at radius 1 is 1.50 bits per heavy atom. The maximum atomic E-state index is 8.17. The van der Waals surface area contributed by atoms with Gasteiger partial charge < -0.3 is 1.43 Å². The van der Waals surface area contributed by atoms with E-state index in [1.54, 1.807) is 0 Å². The molecule has 0 saturated heterocycles. The summed E-state index contributed by atoms with van der Waals surface area (Å²) in [5.74, 6) is 0. The van der Waals surface area contributed by atoms with E-state index in [2.05, 4.69) is 0 Å². The quantitative estimate of drug-likeness (QED) is 0.274. The average Bonchev–Trinajstić information content (AvgIpc) is 1.00. The third kappa shape index (κ3) is 13.4. The van der Waals surface area contributed by atoms with Crippen molar-refractivity contribution in [2.75, 3.05) is 0 Å². The normalized spacial score (nSPS) is 0.750. The zero-order valence-corrected chi connectivity index (χ0v) is 3.55. The summed E-state index contributed by atoms with van der Waals surface area (Å²) >= 11 is 1.17. The molecule has 0 amide bonds. The summed E-state index contributed by atoms with van der Waals surface area (Å²) in [6.45, 7) is 0. The van der Waals surface area contributed by atoms with Gasteiger partial charge in [0.15, 0.2) is 0 Å². The summed E-state index contributed by atoms with van der Waals surface area (Å²) in [5, 5.41) is 0. The molecule has 0 atom stereocenters. The van der Waals surface area contributed by atoms with Crippen molar-refractivity contribution in [1.82, 2.24) is 0 Å². The van der Waals surface area contributed by atoms with Crippen molar-refractivity contribution >= 4 is 16.2 Å². The summed E-state index contributed by atoms with van der Waals surface area (Å²) < 4.78 is 8.17.